The molecule has 1 fully saturated rings. The first kappa shape index (κ1) is 21.8. The van der Waals surface area contributed by atoms with Gasteiger partial charge in [0, 0.05) is 24.7 Å². The maximum absolute atomic E-state index is 13.3. The monoisotopic (exact) mass is 430 g/mol. The van der Waals surface area contributed by atoms with Gasteiger partial charge in [-0.2, -0.15) is 0 Å². The molecule has 1 aliphatic rings. The van der Waals surface area contributed by atoms with Gasteiger partial charge in [-0.1, -0.05) is 48.5 Å². The predicted octanol–water partition coefficient (Wildman–Crippen LogP) is 5.14. The Kier molecular flexibility index (Phi) is 7.00. The Morgan fingerprint density at radius 2 is 1.84 bits per heavy atom. The molecule has 1 heterocycles. The molecule has 4 rings (SSSR count). The summed E-state index contributed by atoms with van der Waals surface area (Å²) < 4.78 is 18.9. The second kappa shape index (κ2) is 10.3. The molecule has 3 aromatic carbocycles. The Labute approximate surface area is 188 Å². The molecule has 1 saturated heterocycles. The van der Waals surface area contributed by atoms with E-state index in [2.05, 4.69) is 28.4 Å². The van der Waals surface area contributed by atoms with Crippen LogP contribution in [-0.4, -0.2) is 30.5 Å². The third-order valence-corrected chi connectivity index (χ3v) is 6.04. The lowest BCUT2D eigenvalue weighted by Gasteiger charge is -2.41. The standard InChI is InChI=1S/C27H27FN2O2/c1-32-26-14-11-22(20-9-12-24(28)13-10-20)18-23(26)19-29-25-8-5-15-30(16-17-31)27(25)21-6-3-2-4-7-21/h2-4,6-7,9-14,16,18,25,27,29H,5,8,15,19H2,1H3. The van der Waals surface area contributed by atoms with Gasteiger partial charge in [-0.05, 0) is 53.8 Å². The minimum Gasteiger partial charge on any atom is -0.496 e. The van der Waals surface area contributed by atoms with E-state index in [1.54, 1.807) is 19.2 Å². The summed E-state index contributed by atoms with van der Waals surface area (Å²) in [5.41, 5.74) is 4.17. The van der Waals surface area contributed by atoms with Crippen molar-refractivity contribution in [3.8, 4) is 16.9 Å². The van der Waals surface area contributed by atoms with E-state index in [-0.39, 0.29) is 17.9 Å². The number of hydrogen-bond donors (Lipinski definition) is 1. The molecule has 0 saturated carbocycles. The van der Waals surface area contributed by atoms with Gasteiger partial charge in [0.05, 0.1) is 19.4 Å². The normalized spacial score (nSPS) is 18.1. The third-order valence-electron chi connectivity index (χ3n) is 6.04. The van der Waals surface area contributed by atoms with Gasteiger partial charge in [-0.25, -0.2) is 9.18 Å². The lowest BCUT2D eigenvalue weighted by molar-refractivity contribution is 0.164. The maximum atomic E-state index is 13.3. The second-order valence-corrected chi connectivity index (χ2v) is 8.00. The minimum absolute atomic E-state index is 0.0534. The van der Waals surface area contributed by atoms with Gasteiger partial charge >= 0.3 is 0 Å². The van der Waals surface area contributed by atoms with Crippen molar-refractivity contribution < 1.29 is 13.9 Å². The summed E-state index contributed by atoms with van der Waals surface area (Å²) in [5, 5.41) is 3.71. The fraction of sp³-hybridized carbons (Fsp3) is 0.259. The Hall–Kier alpha value is -3.40. The highest BCUT2D eigenvalue weighted by Gasteiger charge is 2.31. The summed E-state index contributed by atoms with van der Waals surface area (Å²) in [7, 11) is 1.67. The molecule has 5 heteroatoms. The number of rotatable bonds is 7. The molecule has 0 bridgehead atoms. The molecular formula is C27H27FN2O2. The zero-order chi connectivity index (χ0) is 22.3. The first-order valence-electron chi connectivity index (χ1n) is 10.9. The molecular weight excluding hydrogens is 403 g/mol. The summed E-state index contributed by atoms with van der Waals surface area (Å²) in [5.74, 6) is 2.51. The zero-order valence-electron chi connectivity index (χ0n) is 18.1. The molecule has 0 aromatic heterocycles. The smallest absolute Gasteiger partial charge is 0.142 e. The maximum Gasteiger partial charge on any atom is 0.142 e. The van der Waals surface area contributed by atoms with Crippen LogP contribution in [0.4, 0.5) is 4.39 Å². The Balaban J connectivity index is 1.58. The summed E-state index contributed by atoms with van der Waals surface area (Å²) in [6, 6.07) is 23.0. The van der Waals surface area contributed by atoms with Crippen molar-refractivity contribution in [3.63, 3.8) is 0 Å². The second-order valence-electron chi connectivity index (χ2n) is 8.00. The SMILES string of the molecule is COc1ccc(-c2ccc(F)cc2)cc1CNC1CCCN(C=C=O)C1c1ccccc1. The van der Waals surface area contributed by atoms with Crippen molar-refractivity contribution in [2.45, 2.75) is 31.5 Å². The summed E-state index contributed by atoms with van der Waals surface area (Å²) in [6.45, 7) is 1.45. The molecule has 0 aliphatic carbocycles. The van der Waals surface area contributed by atoms with Gasteiger partial charge < -0.3 is 15.0 Å². The highest BCUT2D eigenvalue weighted by molar-refractivity contribution is 5.65. The highest BCUT2D eigenvalue weighted by Crippen LogP contribution is 2.32. The van der Waals surface area contributed by atoms with Gasteiger partial charge in [-0.15, -0.1) is 0 Å². The van der Waals surface area contributed by atoms with E-state index in [9.17, 15) is 9.18 Å². The van der Waals surface area contributed by atoms with Crippen LogP contribution in [-0.2, 0) is 11.3 Å². The Bertz CT molecular complexity index is 1080. The number of methoxy groups -OCH3 is 1. The molecule has 1 aliphatic heterocycles. The molecule has 4 nitrogen and oxygen atoms in total. The van der Waals surface area contributed by atoms with E-state index in [1.165, 1.54) is 23.9 Å². The van der Waals surface area contributed by atoms with Gasteiger partial charge in [0.25, 0.3) is 0 Å². The molecule has 164 valence electrons. The fourth-order valence-electron chi connectivity index (χ4n) is 4.50. The van der Waals surface area contributed by atoms with Gasteiger partial charge in [0.2, 0.25) is 0 Å². The van der Waals surface area contributed by atoms with Crippen LogP contribution in [0.3, 0.4) is 0 Å². The number of likely N-dealkylation sites (tertiary alicyclic amines) is 1. The number of nitrogens with zero attached hydrogens (tertiary/aromatic N) is 1. The summed E-state index contributed by atoms with van der Waals surface area (Å²) >= 11 is 0. The van der Waals surface area contributed by atoms with Crippen molar-refractivity contribution in [3.05, 3.63) is 95.9 Å². The number of halogens is 1. The molecule has 0 radical (unpaired) electrons. The average molecular weight is 431 g/mol. The van der Waals surface area contributed by atoms with E-state index < -0.39 is 0 Å². The van der Waals surface area contributed by atoms with Crippen LogP contribution < -0.4 is 10.1 Å². The minimum atomic E-state index is -0.248. The molecule has 1 N–H and O–H groups in total. The van der Waals surface area contributed by atoms with Crippen LogP contribution in [0.2, 0.25) is 0 Å². The van der Waals surface area contributed by atoms with Crippen LogP contribution in [0.1, 0.15) is 30.0 Å². The number of benzene rings is 3. The van der Waals surface area contributed by atoms with E-state index in [1.807, 2.05) is 36.3 Å². The first-order valence-corrected chi connectivity index (χ1v) is 10.9. The van der Waals surface area contributed by atoms with Crippen molar-refractivity contribution in [2.75, 3.05) is 13.7 Å². The molecule has 2 unspecified atom stereocenters. The summed E-state index contributed by atoms with van der Waals surface area (Å²) in [4.78, 5) is 13.2. The largest absolute Gasteiger partial charge is 0.496 e. The first-order chi connectivity index (χ1) is 15.7. The van der Waals surface area contributed by atoms with E-state index >= 15 is 0 Å². The number of ether oxygens (including phenoxy) is 1. The number of carbonyl (C=O) groups excluding carboxylic acids is 1. The number of piperidine rings is 1. The van der Waals surface area contributed by atoms with Gasteiger partial charge in [0.1, 0.15) is 17.5 Å². The quantitative estimate of drug-likeness (QED) is 0.527. The molecule has 0 amide bonds. The molecule has 2 atom stereocenters. The number of nitrogens with one attached hydrogen (secondary N) is 1. The highest BCUT2D eigenvalue weighted by atomic mass is 19.1. The lowest BCUT2D eigenvalue weighted by Crippen LogP contribution is -2.46. The molecule has 0 spiro atoms. The van der Waals surface area contributed by atoms with Crippen LogP contribution in [0.5, 0.6) is 5.75 Å². The predicted molar refractivity (Wildman–Crippen MR) is 124 cm³/mol. The van der Waals surface area contributed by atoms with Crippen LogP contribution in [0, 0.1) is 5.82 Å². The average Bonchev–Trinajstić information content (AvgIpc) is 2.84. The van der Waals surface area contributed by atoms with Crippen molar-refractivity contribution in [1.29, 1.82) is 0 Å². The molecule has 32 heavy (non-hydrogen) atoms. The fourth-order valence-corrected chi connectivity index (χ4v) is 4.50. The van der Waals surface area contributed by atoms with Crippen molar-refractivity contribution >= 4 is 5.94 Å². The Morgan fingerprint density at radius 3 is 2.56 bits per heavy atom. The van der Waals surface area contributed by atoms with Gasteiger partial charge in [-0.3, -0.25) is 0 Å². The van der Waals surface area contributed by atoms with E-state index in [0.717, 1.165) is 41.8 Å². The zero-order valence-corrected chi connectivity index (χ0v) is 18.1. The Morgan fingerprint density at radius 1 is 1.09 bits per heavy atom. The van der Waals surface area contributed by atoms with Crippen LogP contribution in [0.15, 0.2) is 79.0 Å². The van der Waals surface area contributed by atoms with Crippen LogP contribution in [0.25, 0.3) is 11.1 Å². The van der Waals surface area contributed by atoms with E-state index in [4.69, 9.17) is 4.74 Å². The van der Waals surface area contributed by atoms with Gasteiger partial charge in [0.15, 0.2) is 0 Å². The number of hydrogen-bond acceptors (Lipinski definition) is 4. The topological polar surface area (TPSA) is 41.6 Å². The molecule has 3 aromatic rings. The van der Waals surface area contributed by atoms with Crippen molar-refractivity contribution in [1.82, 2.24) is 10.2 Å². The van der Waals surface area contributed by atoms with E-state index in [0.29, 0.717) is 6.54 Å². The summed E-state index contributed by atoms with van der Waals surface area (Å²) in [6.07, 6.45) is 3.52. The third kappa shape index (κ3) is 4.91. The van der Waals surface area contributed by atoms with Crippen LogP contribution >= 0.6 is 0 Å². The van der Waals surface area contributed by atoms with Crippen molar-refractivity contribution in [2.24, 2.45) is 0 Å². The lowest BCUT2D eigenvalue weighted by atomic mass is 9.90.